The van der Waals surface area contributed by atoms with Crippen molar-refractivity contribution < 1.29 is 18.7 Å². The van der Waals surface area contributed by atoms with Crippen LogP contribution >= 0.6 is 11.6 Å². The predicted molar refractivity (Wildman–Crippen MR) is 131 cm³/mol. The Hall–Kier alpha value is -1.90. The monoisotopic (exact) mass is 506 g/mol. The fourth-order valence-electron chi connectivity index (χ4n) is 7.24. The summed E-state index contributed by atoms with van der Waals surface area (Å²) in [5, 5.41) is 8.54. The van der Waals surface area contributed by atoms with Crippen molar-refractivity contribution in [3.8, 4) is 5.75 Å². The van der Waals surface area contributed by atoms with Crippen LogP contribution in [0.25, 0.3) is 0 Å². The molecule has 1 aromatic carbocycles. The van der Waals surface area contributed by atoms with Crippen molar-refractivity contribution in [1.29, 1.82) is 0 Å². The highest BCUT2D eigenvalue weighted by molar-refractivity contribution is 6.30. The summed E-state index contributed by atoms with van der Waals surface area (Å²) in [7, 11) is 2.09. The molecule has 2 bridgehead atoms. The molecule has 4 saturated carbocycles. The number of hydrazine groups is 1. The lowest BCUT2D eigenvalue weighted by atomic mass is 9.39. The third-order valence-electron chi connectivity index (χ3n) is 8.98. The Kier molecular flexibility index (Phi) is 6.51. The normalized spacial score (nSPS) is 34.6. The van der Waals surface area contributed by atoms with Crippen LogP contribution in [0.3, 0.4) is 0 Å². The maximum atomic E-state index is 13.5. The molecule has 1 aromatic rings. The maximum Gasteiger partial charge on any atom is 0.258 e. The number of carbonyl (C=O) groups is 2. The van der Waals surface area contributed by atoms with Crippen molar-refractivity contribution in [3.63, 3.8) is 0 Å². The summed E-state index contributed by atoms with van der Waals surface area (Å²) in [6.45, 7) is 3.69. The minimum absolute atomic E-state index is 0.00887. The Morgan fingerprint density at radius 3 is 2.57 bits per heavy atom. The molecule has 0 aromatic heterocycles. The van der Waals surface area contributed by atoms with E-state index in [2.05, 4.69) is 35.0 Å². The molecule has 0 spiro atoms. The van der Waals surface area contributed by atoms with E-state index in [1.165, 1.54) is 44.2 Å². The molecular weight excluding hydrogens is 471 g/mol. The topological polar surface area (TPSA) is 82.7 Å². The van der Waals surface area contributed by atoms with E-state index in [1.54, 1.807) is 0 Å². The number of carbonyl (C=O) groups excluding carboxylic acids is 2. The lowest BCUT2D eigenvalue weighted by Crippen LogP contribution is -2.78. The summed E-state index contributed by atoms with van der Waals surface area (Å²) in [5.74, 6) is 0.148. The van der Waals surface area contributed by atoms with E-state index >= 15 is 0 Å². The second-order valence-corrected chi connectivity index (χ2v) is 11.9. The predicted octanol–water partition coefficient (Wildman–Crippen LogP) is 3.42. The zero-order chi connectivity index (χ0) is 24.8. The Bertz CT molecular complexity index is 981. The highest BCUT2D eigenvalue weighted by Gasteiger charge is 2.72. The maximum absolute atomic E-state index is 13.5. The average molecular weight is 507 g/mol. The molecule has 1 heterocycles. The van der Waals surface area contributed by atoms with Crippen molar-refractivity contribution >= 4 is 23.4 Å². The molecule has 2 unspecified atom stereocenters. The van der Waals surface area contributed by atoms with Gasteiger partial charge in [-0.25, -0.2) is 9.40 Å². The molecule has 192 valence electrons. The van der Waals surface area contributed by atoms with Crippen LogP contribution in [0, 0.1) is 22.6 Å². The molecule has 5 aliphatic rings. The van der Waals surface area contributed by atoms with Crippen LogP contribution in [-0.2, 0) is 9.59 Å². The molecular formula is C26H36ClFN4O3. The minimum atomic E-state index is -0.586. The summed E-state index contributed by atoms with van der Waals surface area (Å²) >= 11 is 5.67. The number of rotatable bonds is 8. The molecule has 6 rings (SSSR count). The molecule has 2 amide bonds. The van der Waals surface area contributed by atoms with Crippen molar-refractivity contribution in [3.05, 3.63) is 29.0 Å². The molecule has 4 aliphatic carbocycles. The van der Waals surface area contributed by atoms with E-state index in [0.29, 0.717) is 37.8 Å². The van der Waals surface area contributed by atoms with Crippen LogP contribution in [0.1, 0.15) is 58.3 Å². The fourth-order valence-corrected chi connectivity index (χ4v) is 7.36. The van der Waals surface area contributed by atoms with E-state index in [1.807, 2.05) is 0 Å². The van der Waals surface area contributed by atoms with Crippen molar-refractivity contribution in [2.75, 3.05) is 26.7 Å². The number of hydrogen-bond acceptors (Lipinski definition) is 5. The Morgan fingerprint density at radius 1 is 1.23 bits per heavy atom. The zero-order valence-corrected chi connectivity index (χ0v) is 21.3. The molecule has 5 fully saturated rings. The largest absolute Gasteiger partial charge is 0.484 e. The van der Waals surface area contributed by atoms with Gasteiger partial charge in [-0.1, -0.05) is 30.9 Å². The van der Waals surface area contributed by atoms with Gasteiger partial charge in [-0.2, -0.15) is 0 Å². The Labute approximate surface area is 211 Å². The molecule has 1 aliphatic heterocycles. The lowest BCUT2D eigenvalue weighted by Gasteiger charge is -2.69. The SMILES string of the molecule is CC1NN(C)CC1(CNC(=O)C12CC(NC(=O)COc3ccc(Cl)c(F)c3)(C1)C2)C1CCCCC1. The van der Waals surface area contributed by atoms with Crippen LogP contribution in [0.4, 0.5) is 4.39 Å². The summed E-state index contributed by atoms with van der Waals surface area (Å²) in [5.41, 5.74) is 2.94. The van der Waals surface area contributed by atoms with E-state index < -0.39 is 5.82 Å². The number of amides is 2. The number of benzene rings is 1. The van der Waals surface area contributed by atoms with Crippen LogP contribution < -0.4 is 20.8 Å². The average Bonchev–Trinajstić information content (AvgIpc) is 3.08. The molecule has 7 nitrogen and oxygen atoms in total. The van der Waals surface area contributed by atoms with E-state index in [4.69, 9.17) is 16.3 Å². The van der Waals surface area contributed by atoms with Crippen LogP contribution in [0.5, 0.6) is 5.75 Å². The summed E-state index contributed by atoms with van der Waals surface area (Å²) in [6.07, 6.45) is 8.34. The first-order valence-corrected chi connectivity index (χ1v) is 13.2. The number of nitrogens with one attached hydrogen (secondary N) is 3. The first-order valence-electron chi connectivity index (χ1n) is 12.8. The molecule has 9 heteroatoms. The van der Waals surface area contributed by atoms with Crippen LogP contribution in [0.2, 0.25) is 5.02 Å². The number of halogens is 2. The van der Waals surface area contributed by atoms with Crippen LogP contribution in [-0.4, -0.2) is 55.1 Å². The third kappa shape index (κ3) is 4.53. The van der Waals surface area contributed by atoms with E-state index in [0.717, 1.165) is 12.6 Å². The highest BCUT2D eigenvalue weighted by Crippen LogP contribution is 2.67. The zero-order valence-electron chi connectivity index (χ0n) is 20.6. The second kappa shape index (κ2) is 9.20. The molecule has 0 radical (unpaired) electrons. The van der Waals surface area contributed by atoms with Crippen molar-refractivity contribution in [2.24, 2.45) is 16.7 Å². The number of hydrogen-bond donors (Lipinski definition) is 3. The third-order valence-corrected chi connectivity index (χ3v) is 9.29. The van der Waals surface area contributed by atoms with E-state index in [9.17, 15) is 14.0 Å². The first-order chi connectivity index (χ1) is 16.7. The quantitative estimate of drug-likeness (QED) is 0.503. The Morgan fingerprint density at radius 2 is 1.94 bits per heavy atom. The fraction of sp³-hybridized carbons (Fsp3) is 0.692. The van der Waals surface area contributed by atoms with Gasteiger partial charge in [-0.05, 0) is 57.1 Å². The van der Waals surface area contributed by atoms with Crippen molar-refractivity contribution in [2.45, 2.75) is 69.9 Å². The van der Waals surface area contributed by atoms with Gasteiger partial charge in [0, 0.05) is 43.2 Å². The first kappa shape index (κ1) is 24.8. The van der Waals surface area contributed by atoms with Gasteiger partial charge < -0.3 is 15.4 Å². The van der Waals surface area contributed by atoms with Gasteiger partial charge in [0.15, 0.2) is 6.61 Å². The van der Waals surface area contributed by atoms with Gasteiger partial charge in [-0.3, -0.25) is 15.0 Å². The van der Waals surface area contributed by atoms with Crippen LogP contribution in [0.15, 0.2) is 18.2 Å². The van der Waals surface area contributed by atoms with Crippen molar-refractivity contribution in [1.82, 2.24) is 21.1 Å². The molecule has 1 saturated heterocycles. The van der Waals surface area contributed by atoms with Gasteiger partial charge in [0.05, 0.1) is 10.4 Å². The lowest BCUT2D eigenvalue weighted by molar-refractivity contribution is -0.184. The highest BCUT2D eigenvalue weighted by atomic mass is 35.5. The number of ether oxygens (including phenoxy) is 1. The summed E-state index contributed by atoms with van der Waals surface area (Å²) in [4.78, 5) is 25.6. The minimum Gasteiger partial charge on any atom is -0.484 e. The molecule has 2 atom stereocenters. The van der Waals surface area contributed by atoms with Gasteiger partial charge >= 0.3 is 0 Å². The van der Waals surface area contributed by atoms with Gasteiger partial charge in [-0.15, -0.1) is 0 Å². The number of nitrogens with zero attached hydrogens (tertiary/aromatic N) is 1. The standard InChI is InChI=1S/C26H36ClFN4O3/c1-17-26(16-32(2)31-17,18-6-4-3-5-7-18)15-29-23(34)24-12-25(13-24,14-24)30-22(33)11-35-19-8-9-20(27)21(28)10-19/h8-10,17-18,31H,3-7,11-16H2,1-2H3,(H,29,34)(H,30,33). The second-order valence-electron chi connectivity index (χ2n) is 11.5. The van der Waals surface area contributed by atoms with Gasteiger partial charge in [0.1, 0.15) is 11.6 Å². The molecule has 3 N–H and O–H groups in total. The van der Waals surface area contributed by atoms with E-state index in [-0.39, 0.29) is 45.6 Å². The summed E-state index contributed by atoms with van der Waals surface area (Å²) in [6, 6.07) is 4.40. The molecule has 35 heavy (non-hydrogen) atoms. The smallest absolute Gasteiger partial charge is 0.258 e. The Balaban J connectivity index is 1.11. The van der Waals surface area contributed by atoms with Gasteiger partial charge in [0.2, 0.25) is 5.91 Å². The van der Waals surface area contributed by atoms with Gasteiger partial charge in [0.25, 0.3) is 5.91 Å². The summed E-state index contributed by atoms with van der Waals surface area (Å²) < 4.78 is 18.9.